The van der Waals surface area contributed by atoms with E-state index in [4.69, 9.17) is 16.3 Å². The summed E-state index contributed by atoms with van der Waals surface area (Å²) in [6, 6.07) is 1.65. The van der Waals surface area contributed by atoms with Gasteiger partial charge in [0.15, 0.2) is 0 Å². The molecule has 7 heteroatoms. The van der Waals surface area contributed by atoms with Crippen molar-refractivity contribution in [3.05, 3.63) is 35.0 Å². The quantitative estimate of drug-likeness (QED) is 0.928. The second-order valence-corrected chi connectivity index (χ2v) is 4.71. The molecule has 6 nitrogen and oxygen atoms in total. The zero-order chi connectivity index (χ0) is 14.0. The monoisotopic (exact) mass is 282 g/mol. The number of methoxy groups -OCH3 is 1. The standard InChI is InChI=1S/C12H15ClN4O2/c1-7(2)17-11(8(13)5-16-17)12(18)9-4-10(19-3)15-6-14-9/h4-7,12,18H,1-3H3. The maximum absolute atomic E-state index is 10.4. The van der Waals surface area contributed by atoms with E-state index in [1.165, 1.54) is 19.6 Å². The lowest BCUT2D eigenvalue weighted by Gasteiger charge is -2.16. The SMILES string of the molecule is COc1cc(C(O)c2c(Cl)cnn2C(C)C)ncn1. The molecule has 0 radical (unpaired) electrons. The lowest BCUT2D eigenvalue weighted by molar-refractivity contribution is 0.199. The van der Waals surface area contributed by atoms with Crippen molar-refractivity contribution in [2.45, 2.75) is 26.0 Å². The van der Waals surface area contributed by atoms with E-state index in [2.05, 4.69) is 15.1 Å². The van der Waals surface area contributed by atoms with Gasteiger partial charge in [-0.05, 0) is 13.8 Å². The van der Waals surface area contributed by atoms with Crippen LogP contribution in [0.5, 0.6) is 5.88 Å². The second-order valence-electron chi connectivity index (χ2n) is 4.30. The first kappa shape index (κ1) is 13.8. The fourth-order valence-corrected chi connectivity index (χ4v) is 2.01. The van der Waals surface area contributed by atoms with Gasteiger partial charge in [0.2, 0.25) is 5.88 Å². The Bertz CT molecular complexity index is 571. The highest BCUT2D eigenvalue weighted by Crippen LogP contribution is 2.29. The van der Waals surface area contributed by atoms with Gasteiger partial charge in [0, 0.05) is 12.1 Å². The predicted octanol–water partition coefficient (Wildman–Crippen LogP) is 2.00. The van der Waals surface area contributed by atoms with Crippen LogP contribution in [0.25, 0.3) is 0 Å². The van der Waals surface area contributed by atoms with Crippen LogP contribution in [0.4, 0.5) is 0 Å². The number of hydrogen-bond acceptors (Lipinski definition) is 5. The number of aliphatic hydroxyl groups is 1. The minimum Gasteiger partial charge on any atom is -0.481 e. The van der Waals surface area contributed by atoms with Crippen molar-refractivity contribution in [1.82, 2.24) is 19.7 Å². The molecule has 0 aliphatic carbocycles. The molecule has 0 saturated heterocycles. The summed E-state index contributed by atoms with van der Waals surface area (Å²) in [5.41, 5.74) is 0.925. The van der Waals surface area contributed by atoms with Gasteiger partial charge in [-0.1, -0.05) is 11.6 Å². The molecule has 19 heavy (non-hydrogen) atoms. The molecule has 2 aromatic rings. The number of ether oxygens (including phenoxy) is 1. The van der Waals surface area contributed by atoms with Gasteiger partial charge in [-0.3, -0.25) is 4.68 Å². The molecule has 1 unspecified atom stereocenters. The smallest absolute Gasteiger partial charge is 0.216 e. The molecule has 0 amide bonds. The van der Waals surface area contributed by atoms with Crippen molar-refractivity contribution in [2.24, 2.45) is 0 Å². The van der Waals surface area contributed by atoms with Crippen LogP contribution < -0.4 is 4.74 Å². The van der Waals surface area contributed by atoms with Gasteiger partial charge in [0.1, 0.15) is 12.4 Å². The van der Waals surface area contributed by atoms with E-state index in [-0.39, 0.29) is 6.04 Å². The minimum atomic E-state index is -0.978. The summed E-state index contributed by atoms with van der Waals surface area (Å²) < 4.78 is 6.68. The number of rotatable bonds is 4. The van der Waals surface area contributed by atoms with Crippen LogP contribution in [-0.4, -0.2) is 32.0 Å². The van der Waals surface area contributed by atoms with Gasteiger partial charge < -0.3 is 9.84 Å². The van der Waals surface area contributed by atoms with E-state index in [1.807, 2.05) is 13.8 Å². The lowest BCUT2D eigenvalue weighted by atomic mass is 10.1. The lowest BCUT2D eigenvalue weighted by Crippen LogP contribution is -2.13. The van der Waals surface area contributed by atoms with E-state index in [9.17, 15) is 5.11 Å². The molecule has 0 fully saturated rings. The molecule has 0 bridgehead atoms. The van der Waals surface area contributed by atoms with E-state index >= 15 is 0 Å². The summed E-state index contributed by atoms with van der Waals surface area (Å²) in [5, 5.41) is 15.0. The first-order valence-electron chi connectivity index (χ1n) is 5.81. The molecular formula is C12H15ClN4O2. The van der Waals surface area contributed by atoms with Gasteiger partial charge in [0.25, 0.3) is 0 Å². The van der Waals surface area contributed by atoms with Gasteiger partial charge in [-0.15, -0.1) is 0 Å². The molecule has 2 heterocycles. The molecule has 0 aliphatic heterocycles. The van der Waals surface area contributed by atoms with E-state index in [0.29, 0.717) is 22.3 Å². The first-order valence-corrected chi connectivity index (χ1v) is 6.19. The molecule has 2 rings (SSSR count). The van der Waals surface area contributed by atoms with Gasteiger partial charge in [0.05, 0.1) is 29.7 Å². The van der Waals surface area contributed by atoms with E-state index in [0.717, 1.165) is 0 Å². The average molecular weight is 283 g/mol. The zero-order valence-corrected chi connectivity index (χ0v) is 11.7. The van der Waals surface area contributed by atoms with E-state index in [1.54, 1.807) is 10.7 Å². The summed E-state index contributed by atoms with van der Waals surface area (Å²) in [5.74, 6) is 0.385. The third-order valence-corrected chi connectivity index (χ3v) is 2.98. The fraction of sp³-hybridized carbons (Fsp3) is 0.417. The molecule has 1 N–H and O–H groups in total. The van der Waals surface area contributed by atoms with Gasteiger partial charge >= 0.3 is 0 Å². The van der Waals surface area contributed by atoms with Crippen molar-refractivity contribution >= 4 is 11.6 Å². The Morgan fingerprint density at radius 1 is 1.37 bits per heavy atom. The van der Waals surface area contributed by atoms with Crippen LogP contribution in [-0.2, 0) is 0 Å². The molecule has 0 spiro atoms. The molecule has 0 aromatic carbocycles. The van der Waals surface area contributed by atoms with Crippen molar-refractivity contribution < 1.29 is 9.84 Å². The van der Waals surface area contributed by atoms with Crippen LogP contribution in [0.2, 0.25) is 5.02 Å². The van der Waals surface area contributed by atoms with Crippen LogP contribution in [0, 0.1) is 0 Å². The highest BCUT2D eigenvalue weighted by atomic mass is 35.5. The normalized spacial score (nSPS) is 12.7. The summed E-state index contributed by atoms with van der Waals surface area (Å²) in [6.07, 6.45) is 1.87. The number of hydrogen-bond donors (Lipinski definition) is 1. The van der Waals surface area contributed by atoms with Crippen molar-refractivity contribution in [3.8, 4) is 5.88 Å². The van der Waals surface area contributed by atoms with Gasteiger partial charge in [-0.2, -0.15) is 5.10 Å². The minimum absolute atomic E-state index is 0.0842. The fourth-order valence-electron chi connectivity index (χ4n) is 1.77. The largest absolute Gasteiger partial charge is 0.481 e. The Morgan fingerprint density at radius 3 is 2.74 bits per heavy atom. The summed E-state index contributed by atoms with van der Waals surface area (Å²) in [4.78, 5) is 7.95. The first-order chi connectivity index (χ1) is 9.04. The molecular weight excluding hydrogens is 268 g/mol. The Hall–Kier alpha value is -1.66. The van der Waals surface area contributed by atoms with Crippen molar-refractivity contribution in [1.29, 1.82) is 0 Å². The van der Waals surface area contributed by atoms with Crippen LogP contribution >= 0.6 is 11.6 Å². The average Bonchev–Trinajstić information content (AvgIpc) is 2.80. The predicted molar refractivity (Wildman–Crippen MR) is 70.3 cm³/mol. The number of aliphatic hydroxyl groups excluding tert-OH is 1. The highest BCUT2D eigenvalue weighted by molar-refractivity contribution is 6.31. The molecule has 1 atom stereocenters. The topological polar surface area (TPSA) is 73.1 Å². The van der Waals surface area contributed by atoms with Crippen LogP contribution in [0.15, 0.2) is 18.6 Å². The van der Waals surface area contributed by atoms with Crippen LogP contribution in [0.1, 0.15) is 37.4 Å². The Morgan fingerprint density at radius 2 is 2.11 bits per heavy atom. The number of nitrogens with zero attached hydrogens (tertiary/aromatic N) is 4. The van der Waals surface area contributed by atoms with Crippen molar-refractivity contribution in [3.63, 3.8) is 0 Å². The summed E-state index contributed by atoms with van der Waals surface area (Å²) >= 11 is 6.09. The molecule has 102 valence electrons. The van der Waals surface area contributed by atoms with E-state index < -0.39 is 6.10 Å². The Kier molecular flexibility index (Phi) is 4.01. The third-order valence-electron chi connectivity index (χ3n) is 2.69. The van der Waals surface area contributed by atoms with Crippen molar-refractivity contribution in [2.75, 3.05) is 7.11 Å². The maximum atomic E-state index is 10.4. The Balaban J connectivity index is 2.43. The number of aromatic nitrogens is 4. The Labute approximate surface area is 116 Å². The molecule has 0 aliphatic rings. The number of halogens is 1. The molecule has 2 aromatic heterocycles. The molecule has 0 saturated carbocycles. The highest BCUT2D eigenvalue weighted by Gasteiger charge is 2.22. The van der Waals surface area contributed by atoms with Crippen LogP contribution in [0.3, 0.4) is 0 Å². The second kappa shape index (κ2) is 5.54. The summed E-state index contributed by atoms with van der Waals surface area (Å²) in [6.45, 7) is 3.92. The zero-order valence-electron chi connectivity index (χ0n) is 10.9. The summed E-state index contributed by atoms with van der Waals surface area (Å²) in [7, 11) is 1.50. The van der Waals surface area contributed by atoms with Gasteiger partial charge in [-0.25, -0.2) is 9.97 Å². The third kappa shape index (κ3) is 2.69. The maximum Gasteiger partial charge on any atom is 0.216 e.